The van der Waals surface area contributed by atoms with Gasteiger partial charge in [0.1, 0.15) is 0 Å². The Hall–Kier alpha value is -1.62. The van der Waals surface area contributed by atoms with Crippen LogP contribution in [0.2, 0.25) is 0 Å². The van der Waals surface area contributed by atoms with Crippen LogP contribution in [-0.2, 0) is 0 Å². The molecule has 1 atom stereocenters. The molecule has 106 valence electrons. The summed E-state index contributed by atoms with van der Waals surface area (Å²) in [6, 6.07) is 4.19. The Kier molecular flexibility index (Phi) is 6.29. The second-order valence-corrected chi connectivity index (χ2v) is 4.20. The van der Waals surface area contributed by atoms with Crippen molar-refractivity contribution in [2.24, 2.45) is 0 Å². The number of carbonyl (C=O) groups is 1. The van der Waals surface area contributed by atoms with E-state index in [9.17, 15) is 14.3 Å². The van der Waals surface area contributed by atoms with Crippen molar-refractivity contribution in [2.75, 3.05) is 13.2 Å². The van der Waals surface area contributed by atoms with Crippen LogP contribution >= 0.6 is 0 Å². The number of carbonyl (C=O) groups excluding carboxylic acids is 1. The third kappa shape index (κ3) is 4.52. The lowest BCUT2D eigenvalue weighted by Crippen LogP contribution is -2.32. The molecule has 0 bridgehead atoms. The van der Waals surface area contributed by atoms with Gasteiger partial charge in [-0.3, -0.25) is 4.79 Å². The maximum Gasteiger partial charge on any atom is 0.255 e. The molecule has 0 saturated heterocycles. The molecule has 0 heterocycles. The molecule has 1 amide bonds. The van der Waals surface area contributed by atoms with Gasteiger partial charge in [-0.15, -0.1) is 0 Å². The SMILES string of the molecule is CCCC(O)CNC(=O)c1cccc(F)c1OCC. The minimum Gasteiger partial charge on any atom is -0.490 e. The van der Waals surface area contributed by atoms with Gasteiger partial charge in [0.05, 0.1) is 18.3 Å². The van der Waals surface area contributed by atoms with E-state index in [4.69, 9.17) is 4.74 Å². The molecular weight excluding hydrogens is 249 g/mol. The molecule has 5 heteroatoms. The fourth-order valence-electron chi connectivity index (χ4n) is 1.72. The molecule has 0 radical (unpaired) electrons. The van der Waals surface area contributed by atoms with Crippen molar-refractivity contribution < 1.29 is 19.0 Å². The maximum atomic E-state index is 13.6. The number of halogens is 1. The van der Waals surface area contributed by atoms with Crippen molar-refractivity contribution in [3.8, 4) is 5.75 Å². The monoisotopic (exact) mass is 269 g/mol. The molecule has 0 saturated carbocycles. The van der Waals surface area contributed by atoms with Crippen LogP contribution in [0.15, 0.2) is 18.2 Å². The van der Waals surface area contributed by atoms with Gasteiger partial charge in [-0.1, -0.05) is 19.4 Å². The molecule has 0 fully saturated rings. The first-order valence-corrected chi connectivity index (χ1v) is 6.47. The van der Waals surface area contributed by atoms with E-state index < -0.39 is 17.8 Å². The zero-order valence-electron chi connectivity index (χ0n) is 11.3. The van der Waals surface area contributed by atoms with Crippen molar-refractivity contribution in [1.29, 1.82) is 0 Å². The van der Waals surface area contributed by atoms with Gasteiger partial charge in [0, 0.05) is 6.54 Å². The standard InChI is InChI=1S/C14H20FNO3/c1-3-6-10(17)9-16-14(18)11-7-5-8-12(15)13(11)19-4-2/h5,7-8,10,17H,3-4,6,9H2,1-2H3,(H,16,18). The van der Waals surface area contributed by atoms with Crippen LogP contribution in [0.4, 0.5) is 4.39 Å². The van der Waals surface area contributed by atoms with Crippen LogP contribution in [0.25, 0.3) is 0 Å². The van der Waals surface area contributed by atoms with Crippen molar-refractivity contribution in [2.45, 2.75) is 32.8 Å². The number of hydrogen-bond donors (Lipinski definition) is 2. The normalized spacial score (nSPS) is 12.0. The van der Waals surface area contributed by atoms with Crippen molar-refractivity contribution in [1.82, 2.24) is 5.32 Å². The first-order chi connectivity index (χ1) is 9.10. The summed E-state index contributed by atoms with van der Waals surface area (Å²) >= 11 is 0. The molecule has 0 aliphatic carbocycles. The number of benzene rings is 1. The van der Waals surface area contributed by atoms with E-state index >= 15 is 0 Å². The summed E-state index contributed by atoms with van der Waals surface area (Å²) < 4.78 is 18.7. The predicted molar refractivity (Wildman–Crippen MR) is 70.8 cm³/mol. The predicted octanol–water partition coefficient (Wildman–Crippen LogP) is 2.12. The number of rotatable bonds is 7. The van der Waals surface area contributed by atoms with E-state index in [1.54, 1.807) is 6.92 Å². The summed E-state index contributed by atoms with van der Waals surface area (Å²) in [5, 5.41) is 12.1. The zero-order valence-corrected chi connectivity index (χ0v) is 11.3. The van der Waals surface area contributed by atoms with Crippen molar-refractivity contribution in [3.05, 3.63) is 29.6 Å². The second-order valence-electron chi connectivity index (χ2n) is 4.20. The van der Waals surface area contributed by atoms with Gasteiger partial charge >= 0.3 is 0 Å². The maximum absolute atomic E-state index is 13.6. The van der Waals surface area contributed by atoms with Gasteiger partial charge < -0.3 is 15.2 Å². The number of aliphatic hydroxyl groups excluding tert-OH is 1. The van der Waals surface area contributed by atoms with E-state index in [2.05, 4.69) is 5.32 Å². The van der Waals surface area contributed by atoms with Crippen LogP contribution in [0.1, 0.15) is 37.0 Å². The van der Waals surface area contributed by atoms with Crippen LogP contribution in [0.5, 0.6) is 5.75 Å². The molecule has 2 N–H and O–H groups in total. The average molecular weight is 269 g/mol. The van der Waals surface area contributed by atoms with E-state index in [-0.39, 0.29) is 24.5 Å². The number of aliphatic hydroxyl groups is 1. The first-order valence-electron chi connectivity index (χ1n) is 6.47. The van der Waals surface area contributed by atoms with Gasteiger partial charge in [-0.2, -0.15) is 0 Å². The van der Waals surface area contributed by atoms with E-state index in [1.165, 1.54) is 18.2 Å². The summed E-state index contributed by atoms with van der Waals surface area (Å²) in [4.78, 5) is 11.9. The summed E-state index contributed by atoms with van der Waals surface area (Å²) in [6.07, 6.45) is 0.862. The number of amides is 1. The van der Waals surface area contributed by atoms with E-state index in [1.807, 2.05) is 6.92 Å². The summed E-state index contributed by atoms with van der Waals surface area (Å²) in [6.45, 7) is 4.10. The molecule has 19 heavy (non-hydrogen) atoms. The smallest absolute Gasteiger partial charge is 0.255 e. The topological polar surface area (TPSA) is 58.6 Å². The Morgan fingerprint density at radius 2 is 2.21 bits per heavy atom. The Bertz CT molecular complexity index is 423. The Labute approximate surface area is 112 Å². The zero-order chi connectivity index (χ0) is 14.3. The molecule has 1 aromatic carbocycles. The highest BCUT2D eigenvalue weighted by Crippen LogP contribution is 2.22. The van der Waals surface area contributed by atoms with Crippen LogP contribution in [0, 0.1) is 5.82 Å². The van der Waals surface area contributed by atoms with E-state index in [0.717, 1.165) is 6.42 Å². The highest BCUT2D eigenvalue weighted by molar-refractivity contribution is 5.97. The minimum absolute atomic E-state index is 0.0486. The van der Waals surface area contributed by atoms with Gasteiger partial charge in [0.2, 0.25) is 0 Å². The molecule has 1 rings (SSSR count). The number of ether oxygens (including phenoxy) is 1. The number of para-hydroxylation sites is 1. The Morgan fingerprint density at radius 1 is 1.47 bits per heavy atom. The third-order valence-electron chi connectivity index (χ3n) is 2.62. The average Bonchev–Trinajstić information content (AvgIpc) is 2.39. The number of nitrogens with one attached hydrogen (secondary N) is 1. The summed E-state index contributed by atoms with van der Waals surface area (Å²) in [5.41, 5.74) is 0.144. The lowest BCUT2D eigenvalue weighted by atomic mass is 10.1. The molecule has 1 unspecified atom stereocenters. The first kappa shape index (κ1) is 15.4. The fourth-order valence-corrected chi connectivity index (χ4v) is 1.72. The lowest BCUT2D eigenvalue weighted by Gasteiger charge is -2.13. The Morgan fingerprint density at radius 3 is 2.84 bits per heavy atom. The highest BCUT2D eigenvalue weighted by Gasteiger charge is 2.16. The molecule has 0 spiro atoms. The third-order valence-corrected chi connectivity index (χ3v) is 2.62. The summed E-state index contributed by atoms with van der Waals surface area (Å²) in [7, 11) is 0. The molecule has 1 aromatic rings. The highest BCUT2D eigenvalue weighted by atomic mass is 19.1. The lowest BCUT2D eigenvalue weighted by molar-refractivity contribution is 0.0905. The van der Waals surface area contributed by atoms with Crippen molar-refractivity contribution in [3.63, 3.8) is 0 Å². The molecule has 0 aromatic heterocycles. The quantitative estimate of drug-likeness (QED) is 0.797. The largest absolute Gasteiger partial charge is 0.490 e. The summed E-state index contributed by atoms with van der Waals surface area (Å²) in [5.74, 6) is -1.06. The fraction of sp³-hybridized carbons (Fsp3) is 0.500. The van der Waals surface area contributed by atoms with Crippen LogP contribution < -0.4 is 10.1 Å². The number of hydrogen-bond acceptors (Lipinski definition) is 3. The molecule has 0 aliphatic heterocycles. The van der Waals surface area contributed by atoms with Gasteiger partial charge in [0.15, 0.2) is 11.6 Å². The molecular formula is C14H20FNO3. The van der Waals surface area contributed by atoms with Gasteiger partial charge in [-0.25, -0.2) is 4.39 Å². The van der Waals surface area contributed by atoms with E-state index in [0.29, 0.717) is 6.42 Å². The van der Waals surface area contributed by atoms with Crippen molar-refractivity contribution >= 4 is 5.91 Å². The van der Waals surface area contributed by atoms with Crippen LogP contribution in [0.3, 0.4) is 0 Å². The second kappa shape index (κ2) is 7.74. The van der Waals surface area contributed by atoms with Gasteiger partial charge in [-0.05, 0) is 25.5 Å². The van der Waals surface area contributed by atoms with Gasteiger partial charge in [0.25, 0.3) is 5.91 Å². The van der Waals surface area contributed by atoms with Crippen LogP contribution in [-0.4, -0.2) is 30.3 Å². The molecule has 4 nitrogen and oxygen atoms in total. The Balaban J connectivity index is 2.73. The minimum atomic E-state index is -0.585. The molecule has 0 aliphatic rings.